The first-order valence-corrected chi connectivity index (χ1v) is 8.36. The molecule has 1 fully saturated rings. The molecule has 0 saturated heterocycles. The summed E-state index contributed by atoms with van der Waals surface area (Å²) >= 11 is 0. The van der Waals surface area contributed by atoms with Crippen LogP contribution in [0.15, 0.2) is 30.3 Å². The number of carbonyl (C=O) groups is 2. The Morgan fingerprint density at radius 1 is 1.29 bits per heavy atom. The Balaban J connectivity index is 1.77. The standard InChI is InChI=1S/C19H24FNO3/c1-13-6-5-9-17(14(13)2)21-18(22)12-24-19(23)11-10-15-7-3-4-8-16(15)20/h3-4,7-8,10-11,13-14,17H,5-6,9,12H2,1-2H3,(H,21,22)/b11-10+/t13-,14-,17-/m1/s1. The fourth-order valence-corrected chi connectivity index (χ4v) is 2.99. The number of hydrogen-bond donors (Lipinski definition) is 1. The number of hydrogen-bond acceptors (Lipinski definition) is 3. The molecule has 1 N–H and O–H groups in total. The van der Waals surface area contributed by atoms with Gasteiger partial charge in [-0.25, -0.2) is 9.18 Å². The number of rotatable bonds is 5. The molecule has 5 heteroatoms. The lowest BCUT2D eigenvalue weighted by Gasteiger charge is -2.34. The molecule has 0 aliphatic heterocycles. The smallest absolute Gasteiger partial charge is 0.331 e. The predicted molar refractivity (Wildman–Crippen MR) is 90.5 cm³/mol. The van der Waals surface area contributed by atoms with Crippen LogP contribution in [0, 0.1) is 17.7 Å². The van der Waals surface area contributed by atoms with Gasteiger partial charge in [-0.3, -0.25) is 4.79 Å². The van der Waals surface area contributed by atoms with E-state index in [-0.39, 0.29) is 18.6 Å². The van der Waals surface area contributed by atoms with E-state index >= 15 is 0 Å². The monoisotopic (exact) mass is 333 g/mol. The lowest BCUT2D eigenvalue weighted by atomic mass is 9.78. The van der Waals surface area contributed by atoms with Gasteiger partial charge in [-0.1, -0.05) is 44.9 Å². The number of amides is 1. The summed E-state index contributed by atoms with van der Waals surface area (Å²) in [5.41, 5.74) is 0.295. The van der Waals surface area contributed by atoms with Gasteiger partial charge in [0.25, 0.3) is 5.91 Å². The highest BCUT2D eigenvalue weighted by atomic mass is 19.1. The first kappa shape index (κ1) is 18.2. The van der Waals surface area contributed by atoms with Crippen LogP contribution in [0.4, 0.5) is 4.39 Å². The Kier molecular flexibility index (Phi) is 6.53. The summed E-state index contributed by atoms with van der Waals surface area (Å²) in [4.78, 5) is 23.6. The van der Waals surface area contributed by atoms with Gasteiger partial charge in [0.1, 0.15) is 5.82 Å². The van der Waals surface area contributed by atoms with E-state index in [0.29, 0.717) is 17.4 Å². The quantitative estimate of drug-likeness (QED) is 0.664. The van der Waals surface area contributed by atoms with E-state index < -0.39 is 11.8 Å². The summed E-state index contributed by atoms with van der Waals surface area (Å²) in [7, 11) is 0. The summed E-state index contributed by atoms with van der Waals surface area (Å²) in [5.74, 6) is -0.388. The van der Waals surface area contributed by atoms with E-state index in [1.165, 1.54) is 18.6 Å². The summed E-state index contributed by atoms with van der Waals surface area (Å²) in [6, 6.07) is 6.24. The molecule has 0 heterocycles. The van der Waals surface area contributed by atoms with Gasteiger partial charge in [-0.15, -0.1) is 0 Å². The highest BCUT2D eigenvalue weighted by Gasteiger charge is 2.28. The molecule has 4 nitrogen and oxygen atoms in total. The molecule has 1 saturated carbocycles. The Morgan fingerprint density at radius 2 is 2.04 bits per heavy atom. The second kappa shape index (κ2) is 8.62. The highest BCUT2D eigenvalue weighted by molar-refractivity contribution is 5.89. The van der Waals surface area contributed by atoms with Crippen LogP contribution in [0.5, 0.6) is 0 Å². The van der Waals surface area contributed by atoms with Crippen molar-refractivity contribution < 1.29 is 18.7 Å². The summed E-state index contributed by atoms with van der Waals surface area (Å²) in [6.07, 6.45) is 5.70. The Labute approximate surface area is 142 Å². The van der Waals surface area contributed by atoms with E-state index in [9.17, 15) is 14.0 Å². The zero-order valence-electron chi connectivity index (χ0n) is 14.1. The minimum absolute atomic E-state index is 0.133. The van der Waals surface area contributed by atoms with Crippen LogP contribution in [-0.4, -0.2) is 24.5 Å². The van der Waals surface area contributed by atoms with Gasteiger partial charge in [0.05, 0.1) is 0 Å². The molecular weight excluding hydrogens is 309 g/mol. The van der Waals surface area contributed by atoms with E-state index in [1.54, 1.807) is 18.2 Å². The molecule has 1 aliphatic rings. The van der Waals surface area contributed by atoms with Gasteiger partial charge >= 0.3 is 5.97 Å². The molecule has 0 aromatic heterocycles. The van der Waals surface area contributed by atoms with Gasteiger partial charge in [-0.05, 0) is 30.4 Å². The van der Waals surface area contributed by atoms with E-state index in [4.69, 9.17) is 4.74 Å². The van der Waals surface area contributed by atoms with E-state index in [2.05, 4.69) is 19.2 Å². The maximum Gasteiger partial charge on any atom is 0.331 e. The average Bonchev–Trinajstić information content (AvgIpc) is 2.56. The fraction of sp³-hybridized carbons (Fsp3) is 0.474. The molecule has 0 bridgehead atoms. The summed E-state index contributed by atoms with van der Waals surface area (Å²) in [6.45, 7) is 4.01. The number of esters is 1. The third-order valence-corrected chi connectivity index (χ3v) is 4.70. The van der Waals surface area contributed by atoms with Gasteiger partial charge < -0.3 is 10.1 Å². The van der Waals surface area contributed by atoms with Crippen molar-refractivity contribution in [3.63, 3.8) is 0 Å². The van der Waals surface area contributed by atoms with E-state index in [1.807, 2.05) is 0 Å². The lowest BCUT2D eigenvalue weighted by Crippen LogP contribution is -2.45. The number of carbonyl (C=O) groups excluding carboxylic acids is 2. The summed E-state index contributed by atoms with van der Waals surface area (Å²) < 4.78 is 18.3. The Bertz CT molecular complexity index is 614. The predicted octanol–water partition coefficient (Wildman–Crippen LogP) is 3.32. The molecule has 3 atom stereocenters. The van der Waals surface area contributed by atoms with Crippen LogP contribution >= 0.6 is 0 Å². The number of nitrogens with one attached hydrogen (secondary N) is 1. The van der Waals surface area contributed by atoms with Crippen molar-refractivity contribution in [1.82, 2.24) is 5.32 Å². The van der Waals surface area contributed by atoms with Crippen LogP contribution < -0.4 is 5.32 Å². The molecule has 0 unspecified atom stereocenters. The Hall–Kier alpha value is -2.17. The van der Waals surface area contributed by atoms with Gasteiger partial charge in [0.2, 0.25) is 0 Å². The van der Waals surface area contributed by atoms with Crippen molar-refractivity contribution in [3.05, 3.63) is 41.7 Å². The van der Waals surface area contributed by atoms with Gasteiger partial charge in [0, 0.05) is 17.7 Å². The molecule has 2 rings (SSSR count). The highest BCUT2D eigenvalue weighted by Crippen LogP contribution is 2.29. The number of halogens is 1. The van der Waals surface area contributed by atoms with Crippen molar-refractivity contribution >= 4 is 18.0 Å². The second-order valence-electron chi connectivity index (χ2n) is 6.40. The third-order valence-electron chi connectivity index (χ3n) is 4.70. The van der Waals surface area contributed by atoms with Crippen LogP contribution in [0.25, 0.3) is 6.08 Å². The minimum atomic E-state index is -0.668. The molecule has 1 aliphatic carbocycles. The largest absolute Gasteiger partial charge is 0.452 e. The van der Waals surface area contributed by atoms with Gasteiger partial charge in [-0.2, -0.15) is 0 Å². The van der Waals surface area contributed by atoms with Crippen molar-refractivity contribution in [3.8, 4) is 0 Å². The first-order chi connectivity index (χ1) is 11.5. The average molecular weight is 333 g/mol. The molecule has 1 aromatic carbocycles. The van der Waals surface area contributed by atoms with Crippen LogP contribution in [0.2, 0.25) is 0 Å². The molecule has 0 radical (unpaired) electrons. The Morgan fingerprint density at radius 3 is 2.79 bits per heavy atom. The van der Waals surface area contributed by atoms with E-state index in [0.717, 1.165) is 18.9 Å². The maximum atomic E-state index is 13.4. The zero-order chi connectivity index (χ0) is 17.5. The second-order valence-corrected chi connectivity index (χ2v) is 6.40. The van der Waals surface area contributed by atoms with Crippen molar-refractivity contribution in [2.75, 3.05) is 6.61 Å². The topological polar surface area (TPSA) is 55.4 Å². The van der Waals surface area contributed by atoms with Gasteiger partial charge in [0.15, 0.2) is 6.61 Å². The molecule has 1 amide bonds. The first-order valence-electron chi connectivity index (χ1n) is 8.36. The number of benzene rings is 1. The fourth-order valence-electron chi connectivity index (χ4n) is 2.99. The molecule has 130 valence electrons. The van der Waals surface area contributed by atoms with Crippen LogP contribution in [0.3, 0.4) is 0 Å². The molecule has 0 spiro atoms. The third kappa shape index (κ3) is 5.18. The SMILES string of the molecule is C[C@@H]1[C@H](C)CCC[C@H]1NC(=O)COC(=O)/C=C/c1ccccc1F. The molecule has 24 heavy (non-hydrogen) atoms. The lowest BCUT2D eigenvalue weighted by molar-refractivity contribution is -0.144. The van der Waals surface area contributed by atoms with Crippen LogP contribution in [-0.2, 0) is 14.3 Å². The van der Waals surface area contributed by atoms with Crippen molar-refractivity contribution in [2.45, 2.75) is 39.2 Å². The maximum absolute atomic E-state index is 13.4. The molecule has 1 aromatic rings. The van der Waals surface area contributed by atoms with Crippen molar-refractivity contribution in [1.29, 1.82) is 0 Å². The van der Waals surface area contributed by atoms with Crippen molar-refractivity contribution in [2.24, 2.45) is 11.8 Å². The minimum Gasteiger partial charge on any atom is -0.452 e. The molecular formula is C19H24FNO3. The zero-order valence-corrected chi connectivity index (χ0v) is 14.1. The summed E-state index contributed by atoms with van der Waals surface area (Å²) in [5, 5.41) is 2.94. The van der Waals surface area contributed by atoms with Crippen LogP contribution in [0.1, 0.15) is 38.7 Å². The normalized spacial score (nSPS) is 23.9. The number of ether oxygens (including phenoxy) is 1.